The van der Waals surface area contributed by atoms with E-state index in [-0.39, 0.29) is 17.7 Å². The van der Waals surface area contributed by atoms with Gasteiger partial charge in [0, 0.05) is 36.2 Å². The molecule has 0 radical (unpaired) electrons. The maximum atomic E-state index is 12.7. The van der Waals surface area contributed by atoms with Crippen LogP contribution in [0.25, 0.3) is 0 Å². The summed E-state index contributed by atoms with van der Waals surface area (Å²) in [5.41, 5.74) is 3.45. The van der Waals surface area contributed by atoms with Gasteiger partial charge in [0.15, 0.2) is 0 Å². The van der Waals surface area contributed by atoms with Crippen molar-refractivity contribution in [3.63, 3.8) is 0 Å². The molecule has 1 fully saturated rings. The maximum absolute atomic E-state index is 12.7. The van der Waals surface area contributed by atoms with Gasteiger partial charge in [0.25, 0.3) is 5.91 Å². The lowest BCUT2D eigenvalue weighted by Crippen LogP contribution is -2.35. The van der Waals surface area contributed by atoms with Crippen LogP contribution in [0.3, 0.4) is 0 Å². The first-order valence-electron chi connectivity index (χ1n) is 8.38. The zero-order valence-corrected chi connectivity index (χ0v) is 13.4. The Hall–Kier alpha value is -2.69. The normalized spacial score (nSPS) is 16.4. The molecule has 2 heterocycles. The van der Waals surface area contributed by atoms with Gasteiger partial charge in [0.05, 0.1) is 5.56 Å². The predicted molar refractivity (Wildman–Crippen MR) is 92.0 cm³/mol. The van der Waals surface area contributed by atoms with Crippen LogP contribution >= 0.6 is 0 Å². The van der Waals surface area contributed by atoms with Crippen molar-refractivity contribution in [2.75, 3.05) is 16.8 Å². The molecule has 2 amide bonds. The highest BCUT2D eigenvalue weighted by Crippen LogP contribution is 2.33. The molecule has 1 aromatic carbocycles. The third-order valence-electron chi connectivity index (χ3n) is 4.57. The van der Waals surface area contributed by atoms with Gasteiger partial charge in [-0.05, 0) is 61.6 Å². The third-order valence-corrected chi connectivity index (χ3v) is 4.57. The number of carbonyl (C=O) groups is 2. The van der Waals surface area contributed by atoms with Gasteiger partial charge in [-0.25, -0.2) is 0 Å². The van der Waals surface area contributed by atoms with E-state index in [9.17, 15) is 9.59 Å². The number of benzene rings is 1. The molecule has 122 valence electrons. The SMILES string of the molecule is O=C(Nc1ccc2c(c1)CCCN2C(=O)c1cccnc1)C1CC1. The molecule has 1 aliphatic heterocycles. The van der Waals surface area contributed by atoms with Crippen molar-refractivity contribution in [2.45, 2.75) is 25.7 Å². The zero-order valence-electron chi connectivity index (χ0n) is 13.4. The Morgan fingerprint density at radius 2 is 2.08 bits per heavy atom. The number of nitrogens with one attached hydrogen (secondary N) is 1. The molecule has 4 rings (SSSR count). The van der Waals surface area contributed by atoms with Crippen molar-refractivity contribution < 1.29 is 9.59 Å². The molecule has 1 aliphatic carbocycles. The highest BCUT2D eigenvalue weighted by molar-refractivity contribution is 6.06. The lowest BCUT2D eigenvalue weighted by atomic mass is 10.00. The van der Waals surface area contributed by atoms with Crippen molar-refractivity contribution in [3.05, 3.63) is 53.9 Å². The van der Waals surface area contributed by atoms with Crippen LogP contribution in [0.15, 0.2) is 42.7 Å². The van der Waals surface area contributed by atoms with Crippen LogP contribution in [-0.2, 0) is 11.2 Å². The quantitative estimate of drug-likeness (QED) is 0.945. The van der Waals surface area contributed by atoms with Crippen LogP contribution in [0.1, 0.15) is 35.2 Å². The van der Waals surface area contributed by atoms with Gasteiger partial charge in [-0.1, -0.05) is 0 Å². The predicted octanol–water partition coefficient (Wildman–Crippen LogP) is 3.02. The van der Waals surface area contributed by atoms with E-state index < -0.39 is 0 Å². The fourth-order valence-corrected chi connectivity index (χ4v) is 3.12. The lowest BCUT2D eigenvalue weighted by Gasteiger charge is -2.30. The molecule has 0 spiro atoms. The second-order valence-corrected chi connectivity index (χ2v) is 6.41. The summed E-state index contributed by atoms with van der Waals surface area (Å²) in [6, 6.07) is 9.37. The van der Waals surface area contributed by atoms with Crippen molar-refractivity contribution >= 4 is 23.2 Å². The van der Waals surface area contributed by atoms with E-state index in [1.165, 1.54) is 0 Å². The summed E-state index contributed by atoms with van der Waals surface area (Å²) in [6.07, 6.45) is 7.07. The van der Waals surface area contributed by atoms with E-state index in [1.807, 2.05) is 23.1 Å². The Bertz CT molecular complexity index is 784. The number of carbonyl (C=O) groups excluding carboxylic acids is 2. The largest absolute Gasteiger partial charge is 0.326 e. The van der Waals surface area contributed by atoms with Gasteiger partial charge in [0.1, 0.15) is 0 Å². The second kappa shape index (κ2) is 6.07. The summed E-state index contributed by atoms with van der Waals surface area (Å²) < 4.78 is 0. The Balaban J connectivity index is 1.58. The highest BCUT2D eigenvalue weighted by atomic mass is 16.2. The van der Waals surface area contributed by atoms with Gasteiger partial charge in [-0.2, -0.15) is 0 Å². The van der Waals surface area contributed by atoms with E-state index >= 15 is 0 Å². The monoisotopic (exact) mass is 321 g/mol. The number of nitrogens with zero attached hydrogens (tertiary/aromatic N) is 2. The molecule has 0 bridgehead atoms. The lowest BCUT2D eigenvalue weighted by molar-refractivity contribution is -0.117. The first kappa shape index (κ1) is 14.9. The second-order valence-electron chi connectivity index (χ2n) is 6.41. The number of anilines is 2. The zero-order chi connectivity index (χ0) is 16.5. The summed E-state index contributed by atoms with van der Waals surface area (Å²) >= 11 is 0. The van der Waals surface area contributed by atoms with Crippen LogP contribution in [0, 0.1) is 5.92 Å². The van der Waals surface area contributed by atoms with Crippen molar-refractivity contribution in [1.82, 2.24) is 4.98 Å². The number of aromatic nitrogens is 1. The van der Waals surface area contributed by atoms with E-state index in [0.29, 0.717) is 12.1 Å². The molecular weight excluding hydrogens is 302 g/mol. The minimum absolute atomic E-state index is 0.0289. The van der Waals surface area contributed by atoms with Crippen molar-refractivity contribution in [3.8, 4) is 0 Å². The molecular formula is C19H19N3O2. The van der Waals surface area contributed by atoms with Gasteiger partial charge < -0.3 is 10.2 Å². The minimum atomic E-state index is -0.0289. The minimum Gasteiger partial charge on any atom is -0.326 e. The van der Waals surface area contributed by atoms with Crippen LogP contribution in [0.5, 0.6) is 0 Å². The van der Waals surface area contributed by atoms with Crippen molar-refractivity contribution in [1.29, 1.82) is 0 Å². The van der Waals surface area contributed by atoms with Crippen LogP contribution in [0.2, 0.25) is 0 Å². The number of hydrogen-bond acceptors (Lipinski definition) is 3. The molecule has 24 heavy (non-hydrogen) atoms. The van der Waals surface area contributed by atoms with E-state index in [0.717, 1.165) is 42.6 Å². The fourth-order valence-electron chi connectivity index (χ4n) is 3.12. The number of fused-ring (bicyclic) bond motifs is 1. The van der Waals surface area contributed by atoms with Gasteiger partial charge in [-0.15, -0.1) is 0 Å². The molecule has 1 N–H and O–H groups in total. The van der Waals surface area contributed by atoms with Crippen LogP contribution < -0.4 is 10.2 Å². The summed E-state index contributed by atoms with van der Waals surface area (Å²) in [6.45, 7) is 0.703. The number of pyridine rings is 1. The van der Waals surface area contributed by atoms with Crippen molar-refractivity contribution in [2.24, 2.45) is 5.92 Å². The summed E-state index contributed by atoms with van der Waals surface area (Å²) in [7, 11) is 0. The average molecular weight is 321 g/mol. The third kappa shape index (κ3) is 2.89. The summed E-state index contributed by atoms with van der Waals surface area (Å²) in [5, 5.41) is 2.98. The molecule has 0 atom stereocenters. The molecule has 2 aliphatic rings. The molecule has 1 saturated carbocycles. The van der Waals surface area contributed by atoms with Gasteiger partial charge >= 0.3 is 0 Å². The Kier molecular flexibility index (Phi) is 3.76. The van der Waals surface area contributed by atoms with E-state index in [2.05, 4.69) is 10.3 Å². The summed E-state index contributed by atoms with van der Waals surface area (Å²) in [4.78, 5) is 30.5. The average Bonchev–Trinajstić information content (AvgIpc) is 3.46. The van der Waals surface area contributed by atoms with Crippen LogP contribution in [0.4, 0.5) is 11.4 Å². The smallest absolute Gasteiger partial charge is 0.259 e. The van der Waals surface area contributed by atoms with Crippen LogP contribution in [-0.4, -0.2) is 23.3 Å². The molecule has 2 aromatic rings. The first-order valence-corrected chi connectivity index (χ1v) is 8.38. The molecule has 5 nitrogen and oxygen atoms in total. The first-order chi connectivity index (χ1) is 11.7. The van der Waals surface area contributed by atoms with E-state index in [4.69, 9.17) is 0 Å². The highest BCUT2D eigenvalue weighted by Gasteiger charge is 2.30. The Morgan fingerprint density at radius 3 is 2.83 bits per heavy atom. The standard InChI is InChI=1S/C19H19N3O2/c23-18(13-5-6-13)21-16-7-8-17-14(11-16)4-2-10-22(17)19(24)15-3-1-9-20-12-15/h1,3,7-9,11-13H,2,4-6,10H2,(H,21,23). The van der Waals surface area contributed by atoms with Gasteiger partial charge in [-0.3, -0.25) is 14.6 Å². The number of aryl methyl sites for hydroxylation is 1. The van der Waals surface area contributed by atoms with E-state index in [1.54, 1.807) is 24.5 Å². The molecule has 5 heteroatoms. The summed E-state index contributed by atoms with van der Waals surface area (Å²) in [5.74, 6) is 0.262. The maximum Gasteiger partial charge on any atom is 0.259 e. The van der Waals surface area contributed by atoms with Gasteiger partial charge in [0.2, 0.25) is 5.91 Å². The number of hydrogen-bond donors (Lipinski definition) is 1. The Labute approximate surface area is 140 Å². The molecule has 0 saturated heterocycles. The fraction of sp³-hybridized carbons (Fsp3) is 0.316. The topological polar surface area (TPSA) is 62.3 Å². The molecule has 0 unspecified atom stereocenters. The molecule has 1 aromatic heterocycles. The Morgan fingerprint density at radius 1 is 1.21 bits per heavy atom. The number of rotatable bonds is 3. The number of amides is 2.